The van der Waals surface area contributed by atoms with E-state index in [9.17, 15) is 4.79 Å². The van der Waals surface area contributed by atoms with Crippen LogP contribution in [0, 0.1) is 11.8 Å². The molecular formula is C18H31ClN4O2. The van der Waals surface area contributed by atoms with Crippen LogP contribution in [0.2, 0.25) is 0 Å². The van der Waals surface area contributed by atoms with Crippen LogP contribution in [0.15, 0.2) is 12.4 Å². The van der Waals surface area contributed by atoms with E-state index in [0.717, 1.165) is 51.2 Å². The topological polar surface area (TPSA) is 59.4 Å². The smallest absolute Gasteiger partial charge is 0.227 e. The van der Waals surface area contributed by atoms with Gasteiger partial charge >= 0.3 is 0 Å². The number of piperidine rings is 1. The summed E-state index contributed by atoms with van der Waals surface area (Å²) in [6, 6.07) is 0. The molecule has 2 aliphatic heterocycles. The Morgan fingerprint density at radius 3 is 2.68 bits per heavy atom. The van der Waals surface area contributed by atoms with Crippen molar-refractivity contribution in [1.82, 2.24) is 20.0 Å². The third kappa shape index (κ3) is 4.96. The van der Waals surface area contributed by atoms with E-state index in [1.54, 1.807) is 0 Å². The average molecular weight is 371 g/mol. The maximum atomic E-state index is 13.0. The van der Waals surface area contributed by atoms with Crippen molar-refractivity contribution in [3.63, 3.8) is 0 Å². The first-order valence-corrected chi connectivity index (χ1v) is 9.14. The minimum atomic E-state index is 0. The van der Waals surface area contributed by atoms with Crippen molar-refractivity contribution in [2.45, 2.75) is 38.7 Å². The number of nitrogens with one attached hydrogen (secondary N) is 1. The summed E-state index contributed by atoms with van der Waals surface area (Å²) in [7, 11) is 1.92. The number of likely N-dealkylation sites (tertiary alicyclic amines) is 1. The van der Waals surface area contributed by atoms with E-state index >= 15 is 0 Å². The molecule has 25 heavy (non-hydrogen) atoms. The third-order valence-electron chi connectivity index (χ3n) is 5.10. The van der Waals surface area contributed by atoms with E-state index in [0.29, 0.717) is 12.0 Å². The number of halogens is 1. The lowest BCUT2D eigenvalue weighted by atomic mass is 9.89. The number of aromatic nitrogens is 2. The molecule has 2 atom stereocenters. The Bertz CT molecular complexity index is 555. The van der Waals surface area contributed by atoms with Crippen molar-refractivity contribution in [3.05, 3.63) is 18.0 Å². The highest BCUT2D eigenvalue weighted by Gasteiger charge is 2.38. The molecule has 7 heteroatoms. The number of ether oxygens (including phenoxy) is 1. The van der Waals surface area contributed by atoms with Gasteiger partial charge in [-0.25, -0.2) is 0 Å². The first-order chi connectivity index (χ1) is 11.5. The lowest BCUT2D eigenvalue weighted by Crippen LogP contribution is -2.45. The van der Waals surface area contributed by atoms with Gasteiger partial charge in [0.1, 0.15) is 0 Å². The SMILES string of the molecule is CC(C)COC1CCN(C(=O)[C@H]2CNC[C@@H]2c2cnn(C)c2)CC1.Cl. The molecule has 0 aromatic carbocycles. The van der Waals surface area contributed by atoms with E-state index < -0.39 is 0 Å². The van der Waals surface area contributed by atoms with Crippen LogP contribution >= 0.6 is 12.4 Å². The van der Waals surface area contributed by atoms with Gasteiger partial charge in [-0.2, -0.15) is 5.10 Å². The van der Waals surface area contributed by atoms with E-state index in [1.807, 2.05) is 29.0 Å². The van der Waals surface area contributed by atoms with Crippen LogP contribution < -0.4 is 5.32 Å². The molecule has 1 aromatic rings. The molecule has 2 fully saturated rings. The number of aryl methyl sites for hydroxylation is 1. The molecule has 142 valence electrons. The van der Waals surface area contributed by atoms with E-state index in [1.165, 1.54) is 0 Å². The highest BCUT2D eigenvalue weighted by Crippen LogP contribution is 2.30. The number of rotatable bonds is 5. The summed E-state index contributed by atoms with van der Waals surface area (Å²) in [6.07, 6.45) is 6.15. The Morgan fingerprint density at radius 2 is 2.08 bits per heavy atom. The van der Waals surface area contributed by atoms with Crippen molar-refractivity contribution in [3.8, 4) is 0 Å². The summed E-state index contributed by atoms with van der Waals surface area (Å²) in [6.45, 7) is 8.41. The zero-order valence-electron chi connectivity index (χ0n) is 15.5. The zero-order chi connectivity index (χ0) is 17.1. The normalized spacial score (nSPS) is 24.6. The van der Waals surface area contributed by atoms with E-state index in [2.05, 4.69) is 24.3 Å². The number of carbonyl (C=O) groups excluding carboxylic acids is 1. The van der Waals surface area contributed by atoms with Crippen LogP contribution in [0.1, 0.15) is 38.2 Å². The van der Waals surface area contributed by atoms with Gasteiger partial charge in [0.25, 0.3) is 0 Å². The summed E-state index contributed by atoms with van der Waals surface area (Å²) >= 11 is 0. The fourth-order valence-corrected chi connectivity index (χ4v) is 3.73. The molecule has 0 saturated carbocycles. The Balaban J connectivity index is 0.00000225. The van der Waals surface area contributed by atoms with Gasteiger partial charge in [-0.05, 0) is 24.3 Å². The van der Waals surface area contributed by atoms with Crippen LogP contribution in [0.25, 0.3) is 0 Å². The van der Waals surface area contributed by atoms with Gasteiger partial charge in [-0.3, -0.25) is 9.48 Å². The van der Waals surface area contributed by atoms with Crippen molar-refractivity contribution in [2.75, 3.05) is 32.8 Å². The average Bonchev–Trinajstić information content (AvgIpc) is 3.21. The summed E-state index contributed by atoms with van der Waals surface area (Å²) < 4.78 is 7.74. The van der Waals surface area contributed by atoms with Gasteiger partial charge in [-0.1, -0.05) is 13.8 Å². The lowest BCUT2D eigenvalue weighted by molar-refractivity contribution is -0.138. The molecule has 1 N–H and O–H groups in total. The van der Waals surface area contributed by atoms with Crippen LogP contribution in [0.4, 0.5) is 0 Å². The monoisotopic (exact) mass is 370 g/mol. The molecule has 6 nitrogen and oxygen atoms in total. The summed E-state index contributed by atoms with van der Waals surface area (Å²) in [5.41, 5.74) is 1.16. The molecule has 2 aliphatic rings. The van der Waals surface area contributed by atoms with Gasteiger partial charge in [0.05, 0.1) is 18.2 Å². The fraction of sp³-hybridized carbons (Fsp3) is 0.778. The van der Waals surface area contributed by atoms with Crippen LogP contribution in [-0.2, 0) is 16.6 Å². The van der Waals surface area contributed by atoms with Crippen LogP contribution in [0.5, 0.6) is 0 Å². The highest BCUT2D eigenvalue weighted by molar-refractivity contribution is 5.85. The van der Waals surface area contributed by atoms with Gasteiger partial charge < -0.3 is 15.0 Å². The van der Waals surface area contributed by atoms with Crippen LogP contribution in [-0.4, -0.2) is 59.5 Å². The van der Waals surface area contributed by atoms with Crippen molar-refractivity contribution >= 4 is 18.3 Å². The van der Waals surface area contributed by atoms with Gasteiger partial charge in [-0.15, -0.1) is 12.4 Å². The summed E-state index contributed by atoms with van der Waals surface area (Å²) in [5.74, 6) is 1.12. The predicted octanol–water partition coefficient (Wildman–Crippen LogP) is 1.81. The Labute approximate surface area is 156 Å². The zero-order valence-corrected chi connectivity index (χ0v) is 16.3. The number of hydrogen-bond donors (Lipinski definition) is 1. The Morgan fingerprint density at radius 1 is 1.36 bits per heavy atom. The van der Waals surface area contributed by atoms with Gasteiger partial charge in [0, 0.05) is 51.9 Å². The number of hydrogen-bond acceptors (Lipinski definition) is 4. The van der Waals surface area contributed by atoms with E-state index in [-0.39, 0.29) is 30.2 Å². The molecule has 0 spiro atoms. The second kappa shape index (κ2) is 9.01. The fourth-order valence-electron chi connectivity index (χ4n) is 3.73. The molecule has 2 saturated heterocycles. The van der Waals surface area contributed by atoms with Gasteiger partial charge in [0.2, 0.25) is 5.91 Å². The summed E-state index contributed by atoms with van der Waals surface area (Å²) in [5, 5.41) is 7.64. The molecule has 1 amide bonds. The number of carbonyl (C=O) groups is 1. The molecule has 0 bridgehead atoms. The van der Waals surface area contributed by atoms with Gasteiger partial charge in [0.15, 0.2) is 0 Å². The largest absolute Gasteiger partial charge is 0.378 e. The first-order valence-electron chi connectivity index (χ1n) is 9.14. The third-order valence-corrected chi connectivity index (χ3v) is 5.10. The molecule has 3 heterocycles. The standard InChI is InChI=1S/C18H30N4O2.ClH/c1-13(2)12-24-15-4-6-22(7-5-15)18(23)17-10-19-9-16(17)14-8-20-21(3)11-14;/h8,11,13,15-17,19H,4-7,9-10,12H2,1-3H3;1H/t16-,17+;/m1./s1. The highest BCUT2D eigenvalue weighted by atomic mass is 35.5. The Hall–Kier alpha value is -1.11. The lowest BCUT2D eigenvalue weighted by Gasteiger charge is -2.34. The quantitative estimate of drug-likeness (QED) is 0.858. The minimum absolute atomic E-state index is 0. The summed E-state index contributed by atoms with van der Waals surface area (Å²) in [4.78, 5) is 15.0. The molecule has 1 aromatic heterocycles. The predicted molar refractivity (Wildman–Crippen MR) is 99.9 cm³/mol. The van der Waals surface area contributed by atoms with E-state index in [4.69, 9.17) is 4.74 Å². The maximum absolute atomic E-state index is 13.0. The Kier molecular flexibility index (Phi) is 7.28. The van der Waals surface area contributed by atoms with Crippen LogP contribution in [0.3, 0.4) is 0 Å². The van der Waals surface area contributed by atoms with Crippen molar-refractivity contribution in [1.29, 1.82) is 0 Å². The second-order valence-corrected chi connectivity index (χ2v) is 7.57. The number of nitrogens with zero attached hydrogens (tertiary/aromatic N) is 3. The van der Waals surface area contributed by atoms with Crippen molar-refractivity contribution in [2.24, 2.45) is 18.9 Å². The minimum Gasteiger partial charge on any atom is -0.378 e. The molecule has 3 rings (SSSR count). The van der Waals surface area contributed by atoms with Crippen molar-refractivity contribution < 1.29 is 9.53 Å². The maximum Gasteiger partial charge on any atom is 0.227 e. The molecule has 0 radical (unpaired) electrons. The second-order valence-electron chi connectivity index (χ2n) is 7.57. The first kappa shape index (κ1) is 20.2. The molecule has 0 aliphatic carbocycles. The molecule has 0 unspecified atom stereocenters. The number of amides is 1. The molecular weight excluding hydrogens is 340 g/mol.